The zero-order valence-corrected chi connectivity index (χ0v) is 17.2. The Morgan fingerprint density at radius 1 is 1.17 bits per heavy atom. The second kappa shape index (κ2) is 8.00. The summed E-state index contributed by atoms with van der Waals surface area (Å²) in [5.74, 6) is 0.0474. The van der Waals surface area contributed by atoms with Crippen LogP contribution >= 0.6 is 0 Å². The zero-order valence-electron chi connectivity index (χ0n) is 17.2. The van der Waals surface area contributed by atoms with E-state index in [-0.39, 0.29) is 35.9 Å². The van der Waals surface area contributed by atoms with Crippen molar-refractivity contribution in [1.29, 1.82) is 0 Å². The Hall–Kier alpha value is -2.05. The lowest BCUT2D eigenvalue weighted by atomic mass is 9.75. The van der Waals surface area contributed by atoms with Gasteiger partial charge in [-0.3, -0.25) is 9.69 Å². The largest absolute Gasteiger partial charge is 0.388 e. The second-order valence-electron chi connectivity index (χ2n) is 9.04. The highest BCUT2D eigenvalue weighted by molar-refractivity contribution is 5.18. The van der Waals surface area contributed by atoms with Gasteiger partial charge in [-0.15, -0.1) is 0 Å². The molecule has 0 radical (unpaired) electrons. The molecule has 2 fully saturated rings. The molecule has 1 N–H and O–H groups in total. The van der Waals surface area contributed by atoms with Gasteiger partial charge in [0.25, 0.3) is 5.56 Å². The highest BCUT2D eigenvalue weighted by Gasteiger charge is 2.46. The molecule has 2 aliphatic rings. The molecule has 29 heavy (non-hydrogen) atoms. The summed E-state index contributed by atoms with van der Waals surface area (Å²) in [6, 6.07) is 10.6. The van der Waals surface area contributed by atoms with Gasteiger partial charge in [0.2, 0.25) is 0 Å². The summed E-state index contributed by atoms with van der Waals surface area (Å²) in [5.41, 5.74) is 0.415. The molecule has 2 aliphatic heterocycles. The van der Waals surface area contributed by atoms with Crippen molar-refractivity contribution in [1.82, 2.24) is 14.7 Å². The number of hydrogen-bond donors (Lipinski definition) is 1. The minimum absolute atomic E-state index is 0.173. The predicted octanol–water partition coefficient (Wildman–Crippen LogP) is 3.45. The molecule has 2 atom stereocenters. The number of halogens is 1. The van der Waals surface area contributed by atoms with E-state index in [1.807, 2.05) is 26.0 Å². The highest BCUT2D eigenvalue weighted by atomic mass is 19.1. The first-order valence-corrected chi connectivity index (χ1v) is 10.6. The smallest absolute Gasteiger partial charge is 0.266 e. The van der Waals surface area contributed by atoms with E-state index in [0.717, 1.165) is 25.0 Å². The van der Waals surface area contributed by atoms with Gasteiger partial charge >= 0.3 is 0 Å². The lowest BCUT2D eigenvalue weighted by Crippen LogP contribution is -2.59. The third-order valence-electron chi connectivity index (χ3n) is 6.48. The second-order valence-corrected chi connectivity index (χ2v) is 9.04. The normalized spacial score (nSPS) is 27.3. The molecule has 2 aromatic rings. The number of hydrogen-bond acceptors (Lipinski definition) is 4. The highest BCUT2D eigenvalue weighted by Crippen LogP contribution is 2.40. The van der Waals surface area contributed by atoms with Crippen molar-refractivity contribution < 1.29 is 9.50 Å². The summed E-state index contributed by atoms with van der Waals surface area (Å²) >= 11 is 0. The van der Waals surface area contributed by atoms with Crippen molar-refractivity contribution in [2.24, 2.45) is 0 Å². The van der Waals surface area contributed by atoms with E-state index in [1.54, 1.807) is 18.2 Å². The number of aromatic nitrogens is 2. The fourth-order valence-electron chi connectivity index (χ4n) is 4.99. The van der Waals surface area contributed by atoms with E-state index in [1.165, 1.54) is 10.7 Å². The third-order valence-corrected chi connectivity index (χ3v) is 6.48. The quantitative estimate of drug-likeness (QED) is 0.837. The molecule has 3 heterocycles. The fourth-order valence-corrected chi connectivity index (χ4v) is 4.99. The maximum Gasteiger partial charge on any atom is 0.266 e. The molecule has 5 nitrogen and oxygen atoms in total. The molecule has 0 amide bonds. The summed E-state index contributed by atoms with van der Waals surface area (Å²) in [4.78, 5) is 14.7. The summed E-state index contributed by atoms with van der Waals surface area (Å²) in [6.45, 7) is 4.86. The number of piperidine rings is 2. The standard InChI is InChI=1S/C23H30FN3O2/c1-16(2)21-10-11-22(28)27(25-21)15-23(29)12-18-7-5-8-19(13-23)26(18)14-17-6-3-4-9-20(17)24/h3-4,6,9-11,16,18-19,29H,5,7-8,12-15H2,1-2H3. The van der Waals surface area contributed by atoms with Crippen LogP contribution in [0, 0.1) is 5.82 Å². The van der Waals surface area contributed by atoms with Crippen LogP contribution in [0.5, 0.6) is 0 Å². The van der Waals surface area contributed by atoms with E-state index >= 15 is 0 Å². The summed E-state index contributed by atoms with van der Waals surface area (Å²) in [6.07, 6.45) is 4.26. The van der Waals surface area contributed by atoms with Gasteiger partial charge in [0.15, 0.2) is 0 Å². The predicted molar refractivity (Wildman–Crippen MR) is 110 cm³/mol. The minimum Gasteiger partial charge on any atom is -0.388 e. The summed E-state index contributed by atoms with van der Waals surface area (Å²) in [7, 11) is 0. The van der Waals surface area contributed by atoms with Gasteiger partial charge in [-0.25, -0.2) is 9.07 Å². The Bertz CT molecular complexity index is 912. The molecule has 0 spiro atoms. The fraction of sp³-hybridized carbons (Fsp3) is 0.565. The van der Waals surface area contributed by atoms with Crippen LogP contribution < -0.4 is 5.56 Å². The average Bonchev–Trinajstić information content (AvgIpc) is 2.66. The molecule has 156 valence electrons. The topological polar surface area (TPSA) is 58.4 Å². The maximum absolute atomic E-state index is 14.2. The Kier molecular flexibility index (Phi) is 5.58. The molecule has 0 aliphatic carbocycles. The number of fused-ring (bicyclic) bond motifs is 2. The van der Waals surface area contributed by atoms with Crippen LogP contribution in [0.3, 0.4) is 0 Å². The van der Waals surface area contributed by atoms with Crippen LogP contribution in [0.1, 0.15) is 63.1 Å². The monoisotopic (exact) mass is 399 g/mol. The van der Waals surface area contributed by atoms with Crippen molar-refractivity contribution in [3.63, 3.8) is 0 Å². The molecule has 4 rings (SSSR count). The lowest BCUT2D eigenvalue weighted by molar-refractivity contribution is -0.105. The Morgan fingerprint density at radius 2 is 1.86 bits per heavy atom. The SMILES string of the molecule is CC(C)c1ccc(=O)n(CC2(O)CC3CCCC(C2)N3Cc2ccccc2F)n1. The van der Waals surface area contributed by atoms with Crippen LogP contribution in [-0.2, 0) is 13.1 Å². The van der Waals surface area contributed by atoms with Crippen LogP contribution in [-0.4, -0.2) is 37.5 Å². The van der Waals surface area contributed by atoms with Crippen molar-refractivity contribution in [3.05, 3.63) is 63.8 Å². The van der Waals surface area contributed by atoms with E-state index < -0.39 is 5.60 Å². The van der Waals surface area contributed by atoms with Gasteiger partial charge in [0.1, 0.15) is 5.82 Å². The van der Waals surface area contributed by atoms with E-state index in [9.17, 15) is 14.3 Å². The van der Waals surface area contributed by atoms with E-state index in [2.05, 4.69) is 10.00 Å². The molecule has 2 saturated heterocycles. The molecule has 2 bridgehead atoms. The number of benzene rings is 1. The third kappa shape index (κ3) is 4.28. The van der Waals surface area contributed by atoms with Crippen molar-refractivity contribution >= 4 is 0 Å². The lowest BCUT2D eigenvalue weighted by Gasteiger charge is -2.52. The van der Waals surface area contributed by atoms with Crippen LogP contribution in [0.2, 0.25) is 0 Å². The molecule has 0 saturated carbocycles. The zero-order chi connectivity index (χ0) is 20.6. The van der Waals surface area contributed by atoms with Crippen LogP contribution in [0.15, 0.2) is 41.2 Å². The average molecular weight is 400 g/mol. The maximum atomic E-state index is 14.2. The van der Waals surface area contributed by atoms with Crippen LogP contribution in [0.25, 0.3) is 0 Å². The van der Waals surface area contributed by atoms with E-state index in [0.29, 0.717) is 24.9 Å². The first-order valence-electron chi connectivity index (χ1n) is 10.6. The van der Waals surface area contributed by atoms with Crippen molar-refractivity contribution in [3.8, 4) is 0 Å². The number of rotatable bonds is 5. The minimum atomic E-state index is -0.964. The van der Waals surface area contributed by atoms with Gasteiger partial charge in [-0.05, 0) is 43.7 Å². The van der Waals surface area contributed by atoms with Gasteiger partial charge in [-0.1, -0.05) is 38.5 Å². The molecule has 1 aromatic carbocycles. The molecular formula is C23H30FN3O2. The molecule has 2 unspecified atom stereocenters. The number of aliphatic hydroxyl groups is 1. The van der Waals surface area contributed by atoms with Gasteiger partial charge in [0, 0.05) is 30.3 Å². The molecule has 6 heteroatoms. The Labute approximate surface area is 171 Å². The van der Waals surface area contributed by atoms with Crippen molar-refractivity contribution in [2.75, 3.05) is 0 Å². The molecule has 1 aromatic heterocycles. The van der Waals surface area contributed by atoms with Crippen molar-refractivity contribution in [2.45, 2.75) is 82.6 Å². The van der Waals surface area contributed by atoms with Crippen LogP contribution in [0.4, 0.5) is 4.39 Å². The summed E-state index contributed by atoms with van der Waals surface area (Å²) < 4.78 is 15.6. The van der Waals surface area contributed by atoms with Gasteiger partial charge in [0.05, 0.1) is 17.8 Å². The number of nitrogens with zero attached hydrogens (tertiary/aromatic N) is 3. The first kappa shape index (κ1) is 20.2. The first-order chi connectivity index (χ1) is 13.8. The van der Waals surface area contributed by atoms with Gasteiger partial charge < -0.3 is 5.11 Å². The van der Waals surface area contributed by atoms with E-state index in [4.69, 9.17) is 0 Å². The Morgan fingerprint density at radius 3 is 2.52 bits per heavy atom. The Balaban J connectivity index is 1.54. The molecular weight excluding hydrogens is 369 g/mol. The van der Waals surface area contributed by atoms with Gasteiger partial charge in [-0.2, -0.15) is 5.10 Å². The summed E-state index contributed by atoms with van der Waals surface area (Å²) in [5, 5.41) is 15.9.